The Kier molecular flexibility index (Phi) is 7.30. The largest absolute Gasteiger partial charge is 0.340 e. The highest BCUT2D eigenvalue weighted by atomic mass is 32.2. The normalized spacial score (nSPS) is 12.8. The van der Waals surface area contributed by atoms with Crippen molar-refractivity contribution in [2.75, 3.05) is 24.0 Å². The van der Waals surface area contributed by atoms with E-state index in [0.717, 1.165) is 30.4 Å². The number of aromatic nitrogens is 2. The van der Waals surface area contributed by atoms with Crippen molar-refractivity contribution in [2.45, 2.75) is 52.7 Å². The van der Waals surface area contributed by atoms with E-state index in [9.17, 15) is 0 Å². The fourth-order valence-electron chi connectivity index (χ4n) is 2.00. The molecule has 1 rings (SSSR count). The molecule has 1 heterocycles. The van der Waals surface area contributed by atoms with Gasteiger partial charge >= 0.3 is 0 Å². The lowest BCUT2D eigenvalue weighted by molar-refractivity contribution is 0.584. The van der Waals surface area contributed by atoms with E-state index in [1.807, 2.05) is 18.0 Å². The van der Waals surface area contributed by atoms with Gasteiger partial charge in [-0.3, -0.25) is 0 Å². The Morgan fingerprint density at radius 1 is 1.40 bits per heavy atom. The van der Waals surface area contributed by atoms with Gasteiger partial charge in [-0.2, -0.15) is 11.8 Å². The number of hydrogen-bond acceptors (Lipinski definition) is 5. The Morgan fingerprint density at radius 2 is 2.10 bits per heavy atom. The minimum atomic E-state index is 0.475. The third-order valence-electron chi connectivity index (χ3n) is 3.46. The molecule has 1 N–H and O–H groups in total. The predicted molar refractivity (Wildman–Crippen MR) is 89.6 cm³/mol. The highest BCUT2D eigenvalue weighted by Gasteiger charge is 2.16. The van der Waals surface area contributed by atoms with Gasteiger partial charge < -0.3 is 10.2 Å². The average molecular weight is 296 g/mol. The van der Waals surface area contributed by atoms with Gasteiger partial charge in [0.2, 0.25) is 5.95 Å². The minimum Gasteiger partial charge on any atom is -0.340 e. The second-order valence-corrected chi connectivity index (χ2v) is 6.36. The first-order valence-corrected chi connectivity index (χ1v) is 8.66. The molecule has 0 aliphatic rings. The fourth-order valence-corrected chi connectivity index (χ4v) is 2.84. The van der Waals surface area contributed by atoms with Crippen LogP contribution in [0, 0.1) is 6.92 Å². The third-order valence-corrected chi connectivity index (χ3v) is 4.18. The summed E-state index contributed by atoms with van der Waals surface area (Å²) in [5.74, 6) is 1.93. The lowest BCUT2D eigenvalue weighted by atomic mass is 10.2. The van der Waals surface area contributed by atoms with Crippen molar-refractivity contribution in [3.05, 3.63) is 17.5 Å². The van der Waals surface area contributed by atoms with Crippen LogP contribution in [0.4, 0.5) is 5.95 Å². The molecule has 4 nitrogen and oxygen atoms in total. The second kappa shape index (κ2) is 8.47. The van der Waals surface area contributed by atoms with Crippen molar-refractivity contribution < 1.29 is 0 Å². The predicted octanol–water partition coefficient (Wildman–Crippen LogP) is 2.86. The van der Waals surface area contributed by atoms with E-state index in [1.54, 1.807) is 0 Å². The molecule has 1 unspecified atom stereocenters. The van der Waals surface area contributed by atoms with Crippen molar-refractivity contribution in [3.8, 4) is 0 Å². The number of aryl methyl sites for hydroxylation is 1. The number of anilines is 1. The number of thioether (sulfide) groups is 1. The maximum atomic E-state index is 4.67. The van der Waals surface area contributed by atoms with E-state index < -0.39 is 0 Å². The van der Waals surface area contributed by atoms with E-state index in [4.69, 9.17) is 0 Å². The monoisotopic (exact) mass is 296 g/mol. The molecule has 0 saturated heterocycles. The van der Waals surface area contributed by atoms with Gasteiger partial charge in [0.1, 0.15) is 0 Å². The molecule has 0 spiro atoms. The molecule has 0 radical (unpaired) electrons. The lowest BCUT2D eigenvalue weighted by Gasteiger charge is -2.27. The van der Waals surface area contributed by atoms with E-state index >= 15 is 0 Å². The van der Waals surface area contributed by atoms with Gasteiger partial charge in [-0.05, 0) is 19.6 Å². The average Bonchev–Trinajstić information content (AvgIpc) is 2.42. The van der Waals surface area contributed by atoms with Crippen molar-refractivity contribution >= 4 is 17.7 Å². The van der Waals surface area contributed by atoms with Crippen LogP contribution in [0.25, 0.3) is 0 Å². The summed E-state index contributed by atoms with van der Waals surface area (Å²) in [5.41, 5.74) is 2.24. The summed E-state index contributed by atoms with van der Waals surface area (Å²) in [6, 6.07) is 0.965. The molecule has 0 amide bonds. The Labute approximate surface area is 127 Å². The van der Waals surface area contributed by atoms with Crippen molar-refractivity contribution in [3.63, 3.8) is 0 Å². The molecule has 0 aromatic carbocycles. The summed E-state index contributed by atoms with van der Waals surface area (Å²) in [5, 5.41) is 3.41. The Morgan fingerprint density at radius 3 is 2.60 bits per heavy atom. The zero-order valence-corrected chi connectivity index (χ0v) is 14.4. The van der Waals surface area contributed by atoms with Gasteiger partial charge in [0.25, 0.3) is 0 Å². The van der Waals surface area contributed by atoms with E-state index in [2.05, 4.69) is 61.2 Å². The van der Waals surface area contributed by atoms with Gasteiger partial charge in [0, 0.05) is 48.9 Å². The molecule has 0 bridgehead atoms. The molecule has 0 fully saturated rings. The zero-order valence-electron chi connectivity index (χ0n) is 13.6. The SMILES string of the molecule is CCC(CSC)N(C)c1ncc(CNC(C)C)c(C)n1. The number of hydrogen-bond donors (Lipinski definition) is 1. The van der Waals surface area contributed by atoms with E-state index in [-0.39, 0.29) is 0 Å². The van der Waals surface area contributed by atoms with Crippen LogP contribution in [0.15, 0.2) is 6.20 Å². The van der Waals surface area contributed by atoms with Crippen LogP contribution >= 0.6 is 11.8 Å². The number of nitrogens with one attached hydrogen (secondary N) is 1. The molecule has 114 valence electrons. The number of rotatable bonds is 8. The Balaban J connectivity index is 2.79. The van der Waals surface area contributed by atoms with Crippen LogP contribution in [-0.4, -0.2) is 41.1 Å². The highest BCUT2D eigenvalue weighted by molar-refractivity contribution is 7.98. The summed E-state index contributed by atoms with van der Waals surface area (Å²) in [4.78, 5) is 11.4. The summed E-state index contributed by atoms with van der Waals surface area (Å²) < 4.78 is 0. The zero-order chi connectivity index (χ0) is 15.1. The fraction of sp³-hybridized carbons (Fsp3) is 0.733. The van der Waals surface area contributed by atoms with Crippen molar-refractivity contribution in [2.24, 2.45) is 0 Å². The van der Waals surface area contributed by atoms with Crippen molar-refractivity contribution in [1.82, 2.24) is 15.3 Å². The first kappa shape index (κ1) is 17.2. The van der Waals surface area contributed by atoms with Gasteiger partial charge in [-0.1, -0.05) is 20.8 Å². The molecule has 20 heavy (non-hydrogen) atoms. The van der Waals surface area contributed by atoms with Gasteiger partial charge in [0.15, 0.2) is 0 Å². The van der Waals surface area contributed by atoms with Crippen LogP contribution in [0.3, 0.4) is 0 Å². The number of nitrogens with zero attached hydrogens (tertiary/aromatic N) is 3. The Hall–Kier alpha value is -0.810. The van der Waals surface area contributed by atoms with Gasteiger partial charge in [-0.25, -0.2) is 9.97 Å². The topological polar surface area (TPSA) is 41.1 Å². The van der Waals surface area contributed by atoms with Crippen LogP contribution in [0.1, 0.15) is 38.4 Å². The standard InChI is InChI=1S/C15H28N4S/c1-7-14(10-20-6)19(5)15-17-9-13(12(4)18-15)8-16-11(2)3/h9,11,14,16H,7-8,10H2,1-6H3. The van der Waals surface area contributed by atoms with E-state index in [0.29, 0.717) is 12.1 Å². The summed E-state index contributed by atoms with van der Waals surface area (Å²) in [6.07, 6.45) is 5.20. The molecule has 1 atom stereocenters. The maximum Gasteiger partial charge on any atom is 0.225 e. The molecular formula is C15H28N4S. The Bertz CT molecular complexity index is 409. The first-order chi connectivity index (χ1) is 9.49. The van der Waals surface area contributed by atoms with Crippen LogP contribution in [0.2, 0.25) is 0 Å². The first-order valence-electron chi connectivity index (χ1n) is 7.27. The minimum absolute atomic E-state index is 0.475. The smallest absolute Gasteiger partial charge is 0.225 e. The molecular weight excluding hydrogens is 268 g/mol. The molecule has 0 saturated carbocycles. The quantitative estimate of drug-likeness (QED) is 0.799. The van der Waals surface area contributed by atoms with E-state index in [1.165, 1.54) is 5.56 Å². The van der Waals surface area contributed by atoms with Gasteiger partial charge in [-0.15, -0.1) is 0 Å². The third kappa shape index (κ3) is 4.94. The summed E-state index contributed by atoms with van der Waals surface area (Å²) in [6.45, 7) is 9.39. The second-order valence-electron chi connectivity index (χ2n) is 5.44. The maximum absolute atomic E-state index is 4.67. The van der Waals surface area contributed by atoms with Crippen LogP contribution in [-0.2, 0) is 6.54 Å². The highest BCUT2D eigenvalue weighted by Crippen LogP contribution is 2.16. The molecule has 5 heteroatoms. The molecule has 0 aliphatic heterocycles. The van der Waals surface area contributed by atoms with Crippen LogP contribution < -0.4 is 10.2 Å². The molecule has 0 aliphatic carbocycles. The molecule has 1 aromatic heterocycles. The van der Waals surface area contributed by atoms with Gasteiger partial charge in [0.05, 0.1) is 0 Å². The molecule has 1 aromatic rings. The van der Waals surface area contributed by atoms with Crippen LogP contribution in [0.5, 0.6) is 0 Å². The van der Waals surface area contributed by atoms with Crippen molar-refractivity contribution in [1.29, 1.82) is 0 Å². The summed E-state index contributed by atoms with van der Waals surface area (Å²) >= 11 is 1.87. The lowest BCUT2D eigenvalue weighted by Crippen LogP contribution is -2.34. The summed E-state index contributed by atoms with van der Waals surface area (Å²) in [7, 11) is 2.09.